The molecule has 0 rings (SSSR count). The van der Waals surface area contributed by atoms with Crippen LogP contribution in [0.5, 0.6) is 0 Å². The van der Waals surface area contributed by atoms with Crippen LogP contribution in [0.15, 0.2) is 0 Å². The van der Waals surface area contributed by atoms with Crippen LogP contribution in [-0.4, -0.2) is 32.2 Å². The first-order valence-corrected chi connectivity index (χ1v) is 10.1. The lowest BCUT2D eigenvalue weighted by Crippen LogP contribution is -2.24. The summed E-state index contributed by atoms with van der Waals surface area (Å²) in [5.41, 5.74) is 0. The molecule has 0 bridgehead atoms. The second-order valence-corrected chi connectivity index (χ2v) is 6.90. The number of rotatable bonds is 16. The monoisotopic (exact) mass is 354 g/mol. The summed E-state index contributed by atoms with van der Waals surface area (Å²) in [5.74, 6) is 0. The predicted molar refractivity (Wildman–Crippen MR) is 90.4 cm³/mol. The Balaban J connectivity index is 3.37. The van der Waals surface area contributed by atoms with Crippen molar-refractivity contribution in [1.82, 2.24) is 0 Å². The molecular weight excluding hydrogens is 320 g/mol. The molecule has 0 aliphatic heterocycles. The first-order chi connectivity index (χ1) is 10.8. The highest BCUT2D eigenvalue weighted by Gasteiger charge is 2.15. The molecule has 0 aromatic heterocycles. The second-order valence-electron chi connectivity index (χ2n) is 5.85. The van der Waals surface area contributed by atoms with Crippen molar-refractivity contribution in [1.29, 1.82) is 0 Å². The zero-order valence-corrected chi connectivity index (χ0v) is 15.6. The Kier molecular flexibility index (Phi) is 14.0. The number of hydrogen-bond donors (Lipinski definition) is 1. The van der Waals surface area contributed by atoms with Gasteiger partial charge >= 0.3 is 10.4 Å². The van der Waals surface area contributed by atoms with Gasteiger partial charge in [0, 0.05) is 6.61 Å². The van der Waals surface area contributed by atoms with Crippen LogP contribution in [0.25, 0.3) is 0 Å². The highest BCUT2D eigenvalue weighted by Crippen LogP contribution is 2.11. The van der Waals surface area contributed by atoms with Crippen molar-refractivity contribution in [2.45, 2.75) is 97.6 Å². The van der Waals surface area contributed by atoms with E-state index in [1.165, 1.54) is 58.3 Å². The van der Waals surface area contributed by atoms with Crippen LogP contribution < -0.4 is 0 Å². The Morgan fingerprint density at radius 1 is 0.826 bits per heavy atom. The van der Waals surface area contributed by atoms with Crippen LogP contribution in [0, 0.1) is 0 Å². The highest BCUT2D eigenvalue weighted by atomic mass is 32.3. The summed E-state index contributed by atoms with van der Waals surface area (Å²) >= 11 is 0. The maximum Gasteiger partial charge on any atom is 0.399 e. The molecule has 1 N–H and O–H groups in total. The molecule has 6 nitrogen and oxygen atoms in total. The summed E-state index contributed by atoms with van der Waals surface area (Å²) in [6.45, 7) is 5.85. The highest BCUT2D eigenvalue weighted by molar-refractivity contribution is 7.80. The Hall–Kier alpha value is -0.210. The van der Waals surface area contributed by atoms with Crippen LogP contribution >= 0.6 is 0 Å². The minimum absolute atomic E-state index is 0.566. The van der Waals surface area contributed by atoms with Gasteiger partial charge in [0.15, 0.2) is 12.6 Å². The van der Waals surface area contributed by atoms with Crippen LogP contribution in [0.3, 0.4) is 0 Å². The van der Waals surface area contributed by atoms with Gasteiger partial charge in [-0.05, 0) is 20.3 Å². The van der Waals surface area contributed by atoms with Crippen molar-refractivity contribution in [3.05, 3.63) is 0 Å². The van der Waals surface area contributed by atoms with Crippen LogP contribution in [0.4, 0.5) is 0 Å². The largest absolute Gasteiger partial charge is 0.399 e. The first kappa shape index (κ1) is 22.8. The minimum atomic E-state index is -4.50. The van der Waals surface area contributed by atoms with E-state index in [9.17, 15) is 8.42 Å². The lowest BCUT2D eigenvalue weighted by molar-refractivity contribution is -0.204. The average molecular weight is 355 g/mol. The van der Waals surface area contributed by atoms with Gasteiger partial charge in [0.1, 0.15) is 0 Å². The number of unbranched alkanes of at least 4 members (excludes halogenated alkanes) is 9. The van der Waals surface area contributed by atoms with Crippen molar-refractivity contribution in [3.8, 4) is 0 Å². The van der Waals surface area contributed by atoms with Crippen LogP contribution in [0.1, 0.15) is 85.0 Å². The molecule has 0 amide bonds. The van der Waals surface area contributed by atoms with Gasteiger partial charge in [-0.2, -0.15) is 8.42 Å². The molecule has 2 unspecified atom stereocenters. The molecule has 2 atom stereocenters. The molecular formula is C16H34O6S. The van der Waals surface area contributed by atoms with Gasteiger partial charge in [-0.3, -0.25) is 4.55 Å². The van der Waals surface area contributed by atoms with Crippen molar-refractivity contribution in [3.63, 3.8) is 0 Å². The van der Waals surface area contributed by atoms with E-state index >= 15 is 0 Å². The Morgan fingerprint density at radius 3 is 1.78 bits per heavy atom. The fourth-order valence-electron chi connectivity index (χ4n) is 2.34. The van der Waals surface area contributed by atoms with Crippen molar-refractivity contribution >= 4 is 10.4 Å². The zero-order valence-electron chi connectivity index (χ0n) is 14.8. The third kappa shape index (κ3) is 18.0. The molecule has 0 aliphatic rings. The topological polar surface area (TPSA) is 82.1 Å². The van der Waals surface area contributed by atoms with Gasteiger partial charge in [0.05, 0.1) is 0 Å². The molecule has 0 aliphatic carbocycles. The SMILES string of the molecule is CCCCCCCCCCCCOC(C)OC(C)OS(=O)(=O)O. The molecule has 140 valence electrons. The number of hydrogen-bond acceptors (Lipinski definition) is 5. The third-order valence-corrected chi connectivity index (χ3v) is 4.01. The maximum atomic E-state index is 10.5. The third-order valence-electron chi connectivity index (χ3n) is 3.49. The molecule has 0 aromatic rings. The summed E-state index contributed by atoms with van der Waals surface area (Å²) in [6, 6.07) is 0. The normalized spacial score (nSPS) is 14.8. The maximum absolute atomic E-state index is 10.5. The van der Waals surface area contributed by atoms with E-state index in [0.717, 1.165) is 12.8 Å². The van der Waals surface area contributed by atoms with E-state index in [4.69, 9.17) is 14.0 Å². The van der Waals surface area contributed by atoms with E-state index in [2.05, 4.69) is 11.1 Å². The van der Waals surface area contributed by atoms with E-state index in [1.807, 2.05) is 0 Å². The first-order valence-electron chi connectivity index (χ1n) is 8.78. The summed E-state index contributed by atoms with van der Waals surface area (Å²) in [4.78, 5) is 0. The van der Waals surface area contributed by atoms with Crippen molar-refractivity contribution < 1.29 is 26.6 Å². The second kappa shape index (κ2) is 14.2. The Morgan fingerprint density at radius 2 is 1.30 bits per heavy atom. The lowest BCUT2D eigenvalue weighted by atomic mass is 10.1. The van der Waals surface area contributed by atoms with E-state index in [1.54, 1.807) is 6.92 Å². The molecule has 0 spiro atoms. The quantitative estimate of drug-likeness (QED) is 0.250. The fraction of sp³-hybridized carbons (Fsp3) is 1.00. The van der Waals surface area contributed by atoms with Gasteiger partial charge in [-0.1, -0.05) is 64.7 Å². The van der Waals surface area contributed by atoms with E-state index in [0.29, 0.717) is 6.61 Å². The molecule has 0 saturated carbocycles. The van der Waals surface area contributed by atoms with E-state index < -0.39 is 23.0 Å². The van der Waals surface area contributed by atoms with Crippen LogP contribution in [-0.2, 0) is 24.1 Å². The number of ether oxygens (including phenoxy) is 2. The predicted octanol–water partition coefficient (Wildman–Crippen LogP) is 4.45. The lowest BCUT2D eigenvalue weighted by Gasteiger charge is -2.18. The molecule has 0 radical (unpaired) electrons. The molecule has 0 saturated heterocycles. The minimum Gasteiger partial charge on any atom is -0.353 e. The summed E-state index contributed by atoms with van der Waals surface area (Å²) in [7, 11) is -4.50. The van der Waals surface area contributed by atoms with Crippen LogP contribution in [0.2, 0.25) is 0 Å². The van der Waals surface area contributed by atoms with Gasteiger partial charge in [0.2, 0.25) is 0 Å². The van der Waals surface area contributed by atoms with E-state index in [-0.39, 0.29) is 0 Å². The summed E-state index contributed by atoms with van der Waals surface area (Å²) in [6.07, 6.45) is 10.9. The average Bonchev–Trinajstić information content (AvgIpc) is 2.42. The zero-order chi connectivity index (χ0) is 17.6. The van der Waals surface area contributed by atoms with Gasteiger partial charge in [-0.15, -0.1) is 0 Å². The smallest absolute Gasteiger partial charge is 0.353 e. The van der Waals surface area contributed by atoms with Crippen molar-refractivity contribution in [2.75, 3.05) is 6.61 Å². The fourth-order valence-corrected chi connectivity index (χ4v) is 2.73. The molecule has 0 aromatic carbocycles. The molecule has 23 heavy (non-hydrogen) atoms. The summed E-state index contributed by atoms with van der Waals surface area (Å²) < 4.78 is 44.3. The van der Waals surface area contributed by atoms with Gasteiger partial charge in [-0.25, -0.2) is 4.18 Å². The van der Waals surface area contributed by atoms with Gasteiger partial charge < -0.3 is 9.47 Å². The molecule has 0 heterocycles. The molecule has 7 heteroatoms. The Labute approximate surface area is 141 Å². The van der Waals surface area contributed by atoms with Gasteiger partial charge in [0.25, 0.3) is 0 Å². The molecule has 0 fully saturated rings. The summed E-state index contributed by atoms with van der Waals surface area (Å²) in [5, 5.41) is 0. The standard InChI is InChI=1S/C16H34O6S/c1-4-5-6-7-8-9-10-11-12-13-14-20-15(2)21-16(3)22-23(17,18)19/h15-16H,4-14H2,1-3H3,(H,17,18,19). The Bertz CT molecular complexity index is 358. The van der Waals surface area contributed by atoms with Crippen molar-refractivity contribution in [2.24, 2.45) is 0 Å².